The number of ether oxygens (including phenoxy) is 1. The summed E-state index contributed by atoms with van der Waals surface area (Å²) in [4.78, 5) is 11.8. The van der Waals surface area contributed by atoms with E-state index in [1.54, 1.807) is 6.07 Å². The van der Waals surface area contributed by atoms with Crippen LogP contribution in [0, 0.1) is 0 Å². The Hall–Kier alpha value is -1.68. The second-order valence-electron chi connectivity index (χ2n) is 3.93. The fraction of sp³-hybridized carbons (Fsp3) is 0.200. The van der Waals surface area contributed by atoms with Gasteiger partial charge in [0.15, 0.2) is 18.9 Å². The van der Waals surface area contributed by atoms with Crippen molar-refractivity contribution in [1.29, 1.82) is 0 Å². The Morgan fingerprint density at radius 1 is 1.11 bits per heavy atom. The maximum absolute atomic E-state index is 11.8. The Morgan fingerprint density at radius 3 is 2.47 bits per heavy atom. The zero-order chi connectivity index (χ0) is 12.8. The molecule has 2 aromatic rings. The van der Waals surface area contributed by atoms with E-state index in [4.69, 9.17) is 4.74 Å². The molecule has 1 heterocycles. The lowest BCUT2D eigenvalue weighted by atomic mass is 10.1. The normalized spacial score (nSPS) is 9.53. The number of rotatable bonds is 4. The summed E-state index contributed by atoms with van der Waals surface area (Å²) in [5.41, 5.74) is 1.60. The Bertz CT molecular complexity index is 529. The molecule has 0 bridgehead atoms. The summed E-state index contributed by atoms with van der Waals surface area (Å²) in [6.45, 7) is 2.87. The number of aromatic nitrogens is 1. The molecule has 0 saturated carbocycles. The highest BCUT2D eigenvalue weighted by molar-refractivity contribution is 5.91. The van der Waals surface area contributed by atoms with Crippen molar-refractivity contribution in [2.45, 2.75) is 13.5 Å². The van der Waals surface area contributed by atoms with Crippen LogP contribution in [-0.2, 0) is 11.3 Å². The second kappa shape index (κ2) is 7.69. The minimum Gasteiger partial charge on any atom is -1.00 e. The molecule has 0 N–H and O–H groups in total. The van der Waals surface area contributed by atoms with Crippen LogP contribution in [-0.4, -0.2) is 12.6 Å². The lowest BCUT2D eigenvalue weighted by Gasteiger charge is -2.06. The van der Waals surface area contributed by atoms with Gasteiger partial charge in [0, 0.05) is 17.7 Å². The highest BCUT2D eigenvalue weighted by Crippen LogP contribution is 2.10. The molecule has 0 aliphatic rings. The van der Waals surface area contributed by atoms with Crippen LogP contribution >= 0.6 is 0 Å². The van der Waals surface area contributed by atoms with E-state index >= 15 is 0 Å². The van der Waals surface area contributed by atoms with Crippen molar-refractivity contribution in [3.8, 4) is 0 Å². The Labute approximate surface area is 123 Å². The molecule has 0 aliphatic heterocycles. The van der Waals surface area contributed by atoms with Gasteiger partial charge in [0.1, 0.15) is 0 Å². The van der Waals surface area contributed by atoms with Gasteiger partial charge >= 0.3 is 5.97 Å². The first kappa shape index (κ1) is 15.4. The van der Waals surface area contributed by atoms with Gasteiger partial charge in [-0.15, -0.1) is 0 Å². The van der Waals surface area contributed by atoms with E-state index < -0.39 is 0 Å². The molecular weight excluding hydrogens is 306 g/mol. The number of carbonyl (C=O) groups excluding carboxylic acids is 1. The SMILES string of the molecule is CCOC(=O)c1ccccc1C[n+]1ccccc1.[Br-]. The minimum absolute atomic E-state index is 0. The van der Waals surface area contributed by atoms with Crippen LogP contribution in [0.5, 0.6) is 0 Å². The molecule has 0 aliphatic carbocycles. The van der Waals surface area contributed by atoms with E-state index in [1.165, 1.54) is 0 Å². The first-order valence-corrected chi connectivity index (χ1v) is 6.00. The topological polar surface area (TPSA) is 30.2 Å². The first-order chi connectivity index (χ1) is 8.81. The zero-order valence-corrected chi connectivity index (χ0v) is 12.3. The standard InChI is InChI=1S/C15H16NO2.BrH/c1-2-18-15(17)14-9-5-4-8-13(14)12-16-10-6-3-7-11-16;/h3-11H,2,12H2,1H3;1H/q+1;/p-1. The van der Waals surface area contributed by atoms with Crippen molar-refractivity contribution in [2.75, 3.05) is 6.61 Å². The predicted octanol–water partition coefficient (Wildman–Crippen LogP) is -0.797. The molecule has 4 heteroatoms. The van der Waals surface area contributed by atoms with Crippen molar-refractivity contribution < 1.29 is 31.1 Å². The van der Waals surface area contributed by atoms with E-state index in [1.807, 2.05) is 60.3 Å². The molecule has 0 radical (unpaired) electrons. The van der Waals surface area contributed by atoms with Gasteiger partial charge in [-0.05, 0) is 13.0 Å². The molecule has 0 unspecified atom stereocenters. The quantitative estimate of drug-likeness (QED) is 0.545. The number of esters is 1. The molecule has 0 fully saturated rings. The number of halogens is 1. The van der Waals surface area contributed by atoms with Crippen LogP contribution < -0.4 is 21.5 Å². The van der Waals surface area contributed by atoms with Gasteiger partial charge in [-0.25, -0.2) is 9.36 Å². The van der Waals surface area contributed by atoms with Gasteiger partial charge < -0.3 is 21.7 Å². The third-order valence-corrected chi connectivity index (χ3v) is 2.64. The zero-order valence-electron chi connectivity index (χ0n) is 10.8. The number of hydrogen-bond acceptors (Lipinski definition) is 2. The fourth-order valence-electron chi connectivity index (χ4n) is 1.80. The second-order valence-corrected chi connectivity index (χ2v) is 3.93. The van der Waals surface area contributed by atoms with Gasteiger partial charge in [-0.1, -0.05) is 24.3 Å². The van der Waals surface area contributed by atoms with Crippen molar-refractivity contribution >= 4 is 5.97 Å². The van der Waals surface area contributed by atoms with E-state index in [9.17, 15) is 4.79 Å². The molecule has 1 aromatic carbocycles. The summed E-state index contributed by atoms with van der Waals surface area (Å²) >= 11 is 0. The molecule has 100 valence electrons. The molecule has 0 saturated heterocycles. The van der Waals surface area contributed by atoms with Crippen LogP contribution in [0.25, 0.3) is 0 Å². The monoisotopic (exact) mass is 321 g/mol. The summed E-state index contributed by atoms with van der Waals surface area (Å²) < 4.78 is 7.08. The maximum atomic E-state index is 11.8. The molecule has 0 atom stereocenters. The van der Waals surface area contributed by atoms with E-state index in [-0.39, 0.29) is 23.0 Å². The molecule has 3 nitrogen and oxygen atoms in total. The van der Waals surface area contributed by atoms with Gasteiger partial charge in [0.2, 0.25) is 0 Å². The Kier molecular flexibility index (Phi) is 6.22. The van der Waals surface area contributed by atoms with Crippen LogP contribution in [0.2, 0.25) is 0 Å². The predicted molar refractivity (Wildman–Crippen MR) is 68.1 cm³/mol. The van der Waals surface area contributed by atoms with Gasteiger partial charge in [-0.3, -0.25) is 0 Å². The fourth-order valence-corrected chi connectivity index (χ4v) is 1.80. The lowest BCUT2D eigenvalue weighted by molar-refractivity contribution is -0.688. The molecule has 2 rings (SSSR count). The van der Waals surface area contributed by atoms with Crippen LogP contribution in [0.1, 0.15) is 22.8 Å². The molecule has 1 aromatic heterocycles. The lowest BCUT2D eigenvalue weighted by Crippen LogP contribution is -3.00. The summed E-state index contributed by atoms with van der Waals surface area (Å²) in [5.74, 6) is -0.260. The molecule has 19 heavy (non-hydrogen) atoms. The van der Waals surface area contributed by atoms with Crippen molar-refractivity contribution in [3.63, 3.8) is 0 Å². The highest BCUT2D eigenvalue weighted by atomic mass is 79.9. The summed E-state index contributed by atoms with van der Waals surface area (Å²) in [6, 6.07) is 13.4. The molecular formula is C15H16BrNO2. The van der Waals surface area contributed by atoms with Crippen LogP contribution in [0.3, 0.4) is 0 Å². The van der Waals surface area contributed by atoms with Crippen LogP contribution in [0.4, 0.5) is 0 Å². The smallest absolute Gasteiger partial charge is 0.338 e. The van der Waals surface area contributed by atoms with E-state index in [2.05, 4.69) is 0 Å². The maximum Gasteiger partial charge on any atom is 0.338 e. The van der Waals surface area contributed by atoms with Crippen molar-refractivity contribution in [3.05, 3.63) is 66.0 Å². The number of nitrogens with zero attached hydrogens (tertiary/aromatic N) is 1. The molecule has 0 spiro atoms. The van der Waals surface area contributed by atoms with E-state index in [0.29, 0.717) is 18.7 Å². The van der Waals surface area contributed by atoms with Crippen molar-refractivity contribution in [2.24, 2.45) is 0 Å². The number of carbonyl (C=O) groups is 1. The number of pyridine rings is 1. The Balaban J connectivity index is 0.00000180. The third-order valence-electron chi connectivity index (χ3n) is 2.64. The molecule has 0 amide bonds. The van der Waals surface area contributed by atoms with E-state index in [0.717, 1.165) is 5.56 Å². The highest BCUT2D eigenvalue weighted by Gasteiger charge is 2.14. The number of hydrogen-bond donors (Lipinski definition) is 0. The van der Waals surface area contributed by atoms with Crippen molar-refractivity contribution in [1.82, 2.24) is 0 Å². The largest absolute Gasteiger partial charge is 1.00 e. The first-order valence-electron chi connectivity index (χ1n) is 6.00. The number of benzene rings is 1. The average molecular weight is 322 g/mol. The minimum atomic E-state index is -0.260. The van der Waals surface area contributed by atoms with Gasteiger partial charge in [0.25, 0.3) is 0 Å². The summed E-state index contributed by atoms with van der Waals surface area (Å²) in [7, 11) is 0. The van der Waals surface area contributed by atoms with Crippen LogP contribution in [0.15, 0.2) is 54.9 Å². The van der Waals surface area contributed by atoms with Gasteiger partial charge in [0.05, 0.1) is 12.2 Å². The third kappa shape index (κ3) is 4.17. The van der Waals surface area contributed by atoms with Gasteiger partial charge in [-0.2, -0.15) is 0 Å². The summed E-state index contributed by atoms with van der Waals surface area (Å²) in [5, 5.41) is 0. The Morgan fingerprint density at radius 2 is 1.79 bits per heavy atom. The average Bonchev–Trinajstić information content (AvgIpc) is 2.41. The summed E-state index contributed by atoms with van der Waals surface area (Å²) in [6.07, 6.45) is 3.95.